The normalized spacial score (nSPS) is 11.6. The molecule has 1 atom stereocenters. The van der Waals surface area contributed by atoms with Gasteiger partial charge in [-0.05, 0) is 38.6 Å². The molecule has 0 bridgehead atoms. The first-order chi connectivity index (χ1) is 8.10. The Morgan fingerprint density at radius 3 is 2.35 bits per heavy atom. The largest absolute Gasteiger partial charge is 0.197 e. The second-order valence-corrected chi connectivity index (χ2v) is 5.32. The van der Waals surface area contributed by atoms with Gasteiger partial charge in [-0.2, -0.15) is 10.5 Å². The molecule has 0 aliphatic rings. The van der Waals surface area contributed by atoms with Crippen molar-refractivity contribution in [3.63, 3.8) is 0 Å². The maximum absolute atomic E-state index is 9.06. The van der Waals surface area contributed by atoms with Crippen molar-refractivity contribution >= 4 is 11.3 Å². The van der Waals surface area contributed by atoms with Gasteiger partial charge in [0.15, 0.2) is 0 Å². The molecule has 0 amide bonds. The first kappa shape index (κ1) is 13.5. The van der Waals surface area contributed by atoms with E-state index < -0.39 is 5.92 Å². The van der Waals surface area contributed by atoms with Gasteiger partial charge in [-0.3, -0.25) is 0 Å². The van der Waals surface area contributed by atoms with Gasteiger partial charge in [-0.1, -0.05) is 17.2 Å². The summed E-state index contributed by atoms with van der Waals surface area (Å²) in [6.07, 6.45) is 0.786. The lowest BCUT2D eigenvalue weighted by atomic mass is 9.86. The van der Waals surface area contributed by atoms with E-state index in [1.165, 1.54) is 11.1 Å². The van der Waals surface area contributed by atoms with Crippen LogP contribution in [0, 0.1) is 28.6 Å². The summed E-state index contributed by atoms with van der Waals surface area (Å²) < 4.78 is 0. The number of nitriles is 2. The van der Waals surface area contributed by atoms with E-state index in [9.17, 15) is 0 Å². The van der Waals surface area contributed by atoms with Gasteiger partial charge in [0.1, 0.15) is 5.92 Å². The molecule has 0 aliphatic carbocycles. The Morgan fingerprint density at radius 2 is 1.94 bits per heavy atom. The minimum atomic E-state index is -0.567. The molecule has 17 heavy (non-hydrogen) atoms. The Kier molecular flexibility index (Phi) is 4.94. The molecule has 88 valence electrons. The molecule has 0 unspecified atom stereocenters. The zero-order valence-electron chi connectivity index (χ0n) is 10.4. The van der Waals surface area contributed by atoms with Gasteiger partial charge < -0.3 is 0 Å². The van der Waals surface area contributed by atoms with E-state index in [-0.39, 0.29) is 5.92 Å². The molecular formula is C14H16N2S. The number of allylic oxidation sites excluding steroid dienone is 2. The van der Waals surface area contributed by atoms with Crippen molar-refractivity contribution in [3.05, 3.63) is 33.5 Å². The summed E-state index contributed by atoms with van der Waals surface area (Å²) >= 11 is 1.62. The van der Waals surface area contributed by atoms with Crippen LogP contribution in [0.25, 0.3) is 0 Å². The molecule has 3 heteroatoms. The Balaban J connectivity index is 3.02. The van der Waals surface area contributed by atoms with E-state index in [0.29, 0.717) is 0 Å². The number of thiophene rings is 1. The standard InChI is InChI=1S/C14H16N2S/c1-10(2)11(3)7-13(12(8-15)9-16)14-5-4-6-17-14/h4-6,12-13H,7H2,1-3H3/t13-/m0/s1. The third-order valence-electron chi connectivity index (χ3n) is 2.97. The van der Waals surface area contributed by atoms with Crippen molar-refractivity contribution in [2.24, 2.45) is 5.92 Å². The van der Waals surface area contributed by atoms with Crippen LogP contribution < -0.4 is 0 Å². The maximum Gasteiger partial charge on any atom is 0.141 e. The van der Waals surface area contributed by atoms with Gasteiger partial charge in [0.05, 0.1) is 12.1 Å². The summed E-state index contributed by atoms with van der Waals surface area (Å²) in [6, 6.07) is 8.19. The van der Waals surface area contributed by atoms with Gasteiger partial charge in [0, 0.05) is 10.8 Å². The van der Waals surface area contributed by atoms with Crippen LogP contribution in [0.2, 0.25) is 0 Å². The summed E-state index contributed by atoms with van der Waals surface area (Å²) in [5.41, 5.74) is 2.53. The van der Waals surface area contributed by atoms with E-state index in [4.69, 9.17) is 10.5 Å². The Morgan fingerprint density at radius 1 is 1.29 bits per heavy atom. The number of rotatable bonds is 4. The third kappa shape index (κ3) is 3.44. The maximum atomic E-state index is 9.06. The Hall–Kier alpha value is -1.58. The average Bonchev–Trinajstić information content (AvgIpc) is 2.82. The van der Waals surface area contributed by atoms with E-state index in [0.717, 1.165) is 11.3 Å². The highest BCUT2D eigenvalue weighted by Gasteiger charge is 2.24. The average molecular weight is 244 g/mol. The van der Waals surface area contributed by atoms with Crippen molar-refractivity contribution in [3.8, 4) is 12.1 Å². The second kappa shape index (κ2) is 6.23. The molecule has 0 saturated heterocycles. The smallest absolute Gasteiger partial charge is 0.141 e. The van der Waals surface area contributed by atoms with Crippen molar-refractivity contribution in [2.45, 2.75) is 33.1 Å². The first-order valence-electron chi connectivity index (χ1n) is 5.55. The molecule has 0 radical (unpaired) electrons. The van der Waals surface area contributed by atoms with Crippen molar-refractivity contribution in [1.82, 2.24) is 0 Å². The molecular weight excluding hydrogens is 228 g/mol. The highest BCUT2D eigenvalue weighted by atomic mass is 32.1. The SMILES string of the molecule is CC(C)=C(C)C[C@H](c1cccs1)C(C#N)C#N. The minimum absolute atomic E-state index is 0.0000926. The fourth-order valence-electron chi connectivity index (χ4n) is 1.63. The van der Waals surface area contributed by atoms with Gasteiger partial charge in [-0.15, -0.1) is 11.3 Å². The number of hydrogen-bond acceptors (Lipinski definition) is 3. The topological polar surface area (TPSA) is 47.6 Å². The third-order valence-corrected chi connectivity index (χ3v) is 3.97. The molecule has 0 aliphatic heterocycles. The fourth-order valence-corrected chi connectivity index (χ4v) is 2.49. The molecule has 1 aromatic heterocycles. The number of nitrogens with zero attached hydrogens (tertiary/aromatic N) is 2. The molecule has 1 heterocycles. The van der Waals surface area contributed by atoms with E-state index in [1.54, 1.807) is 11.3 Å². The minimum Gasteiger partial charge on any atom is -0.197 e. The van der Waals surface area contributed by atoms with Crippen LogP contribution >= 0.6 is 11.3 Å². The van der Waals surface area contributed by atoms with Crippen LogP contribution in [0.5, 0.6) is 0 Å². The second-order valence-electron chi connectivity index (χ2n) is 4.34. The molecule has 0 spiro atoms. The van der Waals surface area contributed by atoms with Crippen LogP contribution in [0.15, 0.2) is 28.7 Å². The molecule has 0 fully saturated rings. The van der Waals surface area contributed by atoms with E-state index in [2.05, 4.69) is 32.9 Å². The molecule has 0 N–H and O–H groups in total. The lowest BCUT2D eigenvalue weighted by molar-refractivity contribution is 0.612. The summed E-state index contributed by atoms with van der Waals surface area (Å²) in [4.78, 5) is 1.12. The van der Waals surface area contributed by atoms with Crippen LogP contribution in [-0.2, 0) is 0 Å². The summed E-state index contributed by atoms with van der Waals surface area (Å²) in [6.45, 7) is 6.20. The monoisotopic (exact) mass is 244 g/mol. The predicted molar refractivity (Wildman–Crippen MR) is 70.4 cm³/mol. The highest BCUT2D eigenvalue weighted by molar-refractivity contribution is 7.10. The summed E-state index contributed by atoms with van der Waals surface area (Å²) in [5, 5.41) is 20.1. The predicted octanol–water partition coefficient (Wildman–Crippen LogP) is 4.24. The van der Waals surface area contributed by atoms with Crippen molar-refractivity contribution in [1.29, 1.82) is 10.5 Å². The van der Waals surface area contributed by atoms with Gasteiger partial charge >= 0.3 is 0 Å². The van der Waals surface area contributed by atoms with Gasteiger partial charge in [0.2, 0.25) is 0 Å². The highest BCUT2D eigenvalue weighted by Crippen LogP contribution is 2.34. The van der Waals surface area contributed by atoms with Crippen LogP contribution in [0.3, 0.4) is 0 Å². The quantitative estimate of drug-likeness (QED) is 0.744. The van der Waals surface area contributed by atoms with E-state index >= 15 is 0 Å². The van der Waals surface area contributed by atoms with Crippen LogP contribution in [-0.4, -0.2) is 0 Å². The molecule has 2 nitrogen and oxygen atoms in total. The Labute approximate surface area is 107 Å². The lowest BCUT2D eigenvalue weighted by Gasteiger charge is -2.17. The zero-order chi connectivity index (χ0) is 12.8. The van der Waals surface area contributed by atoms with Crippen molar-refractivity contribution < 1.29 is 0 Å². The van der Waals surface area contributed by atoms with Crippen LogP contribution in [0.4, 0.5) is 0 Å². The molecule has 0 aromatic carbocycles. The molecule has 1 aromatic rings. The number of hydrogen-bond donors (Lipinski definition) is 0. The van der Waals surface area contributed by atoms with Crippen LogP contribution in [0.1, 0.15) is 38.0 Å². The molecule has 1 rings (SSSR count). The van der Waals surface area contributed by atoms with Gasteiger partial charge in [0.25, 0.3) is 0 Å². The zero-order valence-corrected chi connectivity index (χ0v) is 11.2. The van der Waals surface area contributed by atoms with Gasteiger partial charge in [-0.25, -0.2) is 0 Å². The lowest BCUT2D eigenvalue weighted by Crippen LogP contribution is -2.09. The Bertz CT molecular complexity index is 453. The summed E-state index contributed by atoms with van der Waals surface area (Å²) in [5.74, 6) is -0.567. The fraction of sp³-hybridized carbons (Fsp3) is 0.429. The first-order valence-corrected chi connectivity index (χ1v) is 6.43. The molecule has 0 saturated carbocycles. The van der Waals surface area contributed by atoms with E-state index in [1.807, 2.05) is 17.5 Å². The summed E-state index contributed by atoms with van der Waals surface area (Å²) in [7, 11) is 0. The van der Waals surface area contributed by atoms with Crippen molar-refractivity contribution in [2.75, 3.05) is 0 Å².